The molecule has 0 unspecified atom stereocenters. The maximum absolute atomic E-state index is 13.1. The molecule has 1 amide bonds. The highest BCUT2D eigenvalue weighted by Gasteiger charge is 2.16. The third-order valence-electron chi connectivity index (χ3n) is 2.98. The fourth-order valence-corrected chi connectivity index (χ4v) is 2.74. The molecule has 3 nitrogen and oxygen atoms in total. The van der Waals surface area contributed by atoms with E-state index < -0.39 is 11.6 Å². The summed E-state index contributed by atoms with van der Waals surface area (Å²) in [6.07, 6.45) is 0.882. The number of hydrogen-bond acceptors (Lipinski definition) is 3. The van der Waals surface area contributed by atoms with E-state index in [4.69, 9.17) is 5.11 Å². The molecule has 0 saturated carbocycles. The summed E-state index contributed by atoms with van der Waals surface area (Å²) in [6, 6.07) is 3.80. The highest BCUT2D eigenvalue weighted by Crippen LogP contribution is 2.21. The number of amides is 1. The number of carbonyl (C=O) groups is 1. The van der Waals surface area contributed by atoms with Gasteiger partial charge in [-0.15, -0.1) is 11.8 Å². The SMILES string of the molecule is CC(C)N(CCCO)C(=O)CCSc1ccc(F)c(F)c1. The summed E-state index contributed by atoms with van der Waals surface area (Å²) in [5, 5.41) is 8.84. The Balaban J connectivity index is 2.45. The third kappa shape index (κ3) is 6.01. The second kappa shape index (κ2) is 9.00. The smallest absolute Gasteiger partial charge is 0.223 e. The van der Waals surface area contributed by atoms with Crippen LogP contribution < -0.4 is 0 Å². The molecule has 0 aliphatic rings. The predicted molar refractivity (Wildman–Crippen MR) is 80.3 cm³/mol. The molecule has 0 saturated heterocycles. The lowest BCUT2D eigenvalue weighted by Gasteiger charge is -2.26. The summed E-state index contributed by atoms with van der Waals surface area (Å²) >= 11 is 1.32. The first-order valence-electron chi connectivity index (χ1n) is 6.94. The quantitative estimate of drug-likeness (QED) is 0.749. The average Bonchev–Trinajstić information content (AvgIpc) is 2.43. The number of benzene rings is 1. The maximum Gasteiger partial charge on any atom is 0.223 e. The first-order valence-corrected chi connectivity index (χ1v) is 7.92. The van der Waals surface area contributed by atoms with Gasteiger partial charge in [0, 0.05) is 36.3 Å². The minimum Gasteiger partial charge on any atom is -0.396 e. The summed E-state index contributed by atoms with van der Waals surface area (Å²) in [5.41, 5.74) is 0. The Kier molecular flexibility index (Phi) is 7.67. The van der Waals surface area contributed by atoms with E-state index >= 15 is 0 Å². The molecule has 0 spiro atoms. The highest BCUT2D eigenvalue weighted by atomic mass is 32.2. The molecular formula is C15H21F2NO2S. The standard InChI is InChI=1S/C15H21F2NO2S/c1-11(2)18(7-3-8-19)15(20)6-9-21-12-4-5-13(16)14(17)10-12/h4-5,10-11,19H,3,6-9H2,1-2H3. The monoisotopic (exact) mass is 317 g/mol. The van der Waals surface area contributed by atoms with E-state index in [2.05, 4.69) is 0 Å². The second-order valence-electron chi connectivity index (χ2n) is 4.93. The number of aliphatic hydroxyl groups excluding tert-OH is 1. The molecule has 0 heterocycles. The van der Waals surface area contributed by atoms with Gasteiger partial charge in [-0.25, -0.2) is 8.78 Å². The van der Waals surface area contributed by atoms with Gasteiger partial charge in [0.2, 0.25) is 5.91 Å². The van der Waals surface area contributed by atoms with Gasteiger partial charge >= 0.3 is 0 Å². The fourth-order valence-electron chi connectivity index (χ4n) is 1.88. The number of thioether (sulfide) groups is 1. The van der Waals surface area contributed by atoms with Gasteiger partial charge in [-0.05, 0) is 38.5 Å². The van der Waals surface area contributed by atoms with Crippen LogP contribution in [0.25, 0.3) is 0 Å². The minimum atomic E-state index is -0.877. The first-order chi connectivity index (χ1) is 9.95. The van der Waals surface area contributed by atoms with E-state index in [9.17, 15) is 13.6 Å². The molecule has 21 heavy (non-hydrogen) atoms. The number of rotatable bonds is 8. The summed E-state index contributed by atoms with van der Waals surface area (Å²) in [6.45, 7) is 4.44. The molecular weight excluding hydrogens is 296 g/mol. The topological polar surface area (TPSA) is 40.5 Å². The number of carbonyl (C=O) groups excluding carboxylic acids is 1. The Morgan fingerprint density at radius 1 is 1.33 bits per heavy atom. The van der Waals surface area contributed by atoms with Crippen LogP contribution in [0.1, 0.15) is 26.7 Å². The molecule has 0 radical (unpaired) electrons. The van der Waals surface area contributed by atoms with E-state index in [-0.39, 0.29) is 18.6 Å². The summed E-state index contributed by atoms with van der Waals surface area (Å²) < 4.78 is 25.8. The Labute approximate surface area is 128 Å². The molecule has 0 aromatic heterocycles. The van der Waals surface area contributed by atoms with E-state index in [1.165, 1.54) is 17.8 Å². The van der Waals surface area contributed by atoms with Crippen LogP contribution in [-0.2, 0) is 4.79 Å². The minimum absolute atomic E-state index is 0.00790. The van der Waals surface area contributed by atoms with Gasteiger partial charge < -0.3 is 10.0 Å². The Morgan fingerprint density at radius 2 is 2.05 bits per heavy atom. The van der Waals surface area contributed by atoms with Gasteiger partial charge in [-0.3, -0.25) is 4.79 Å². The van der Waals surface area contributed by atoms with Crippen LogP contribution in [0.5, 0.6) is 0 Å². The van der Waals surface area contributed by atoms with Crippen molar-refractivity contribution in [3.8, 4) is 0 Å². The molecule has 6 heteroatoms. The van der Waals surface area contributed by atoms with Crippen molar-refractivity contribution < 1.29 is 18.7 Å². The second-order valence-corrected chi connectivity index (χ2v) is 6.10. The molecule has 118 valence electrons. The van der Waals surface area contributed by atoms with Crippen molar-refractivity contribution in [2.45, 2.75) is 37.6 Å². The normalized spacial score (nSPS) is 11.0. The number of aliphatic hydroxyl groups is 1. The number of nitrogens with zero attached hydrogens (tertiary/aromatic N) is 1. The largest absolute Gasteiger partial charge is 0.396 e. The van der Waals surface area contributed by atoms with E-state index in [0.717, 1.165) is 12.1 Å². The molecule has 0 fully saturated rings. The zero-order chi connectivity index (χ0) is 15.8. The van der Waals surface area contributed by atoms with Crippen LogP contribution in [0.4, 0.5) is 8.78 Å². The van der Waals surface area contributed by atoms with Crippen molar-refractivity contribution in [1.29, 1.82) is 0 Å². The van der Waals surface area contributed by atoms with Crippen LogP contribution in [0, 0.1) is 11.6 Å². The Morgan fingerprint density at radius 3 is 2.62 bits per heavy atom. The van der Waals surface area contributed by atoms with Crippen molar-refractivity contribution >= 4 is 17.7 Å². The summed E-state index contributed by atoms with van der Waals surface area (Å²) in [7, 11) is 0. The maximum atomic E-state index is 13.1. The van der Waals surface area contributed by atoms with Crippen LogP contribution in [-0.4, -0.2) is 40.9 Å². The third-order valence-corrected chi connectivity index (χ3v) is 3.97. The zero-order valence-electron chi connectivity index (χ0n) is 12.3. The van der Waals surface area contributed by atoms with Crippen molar-refractivity contribution in [2.24, 2.45) is 0 Å². The molecule has 0 bridgehead atoms. The zero-order valence-corrected chi connectivity index (χ0v) is 13.1. The average molecular weight is 317 g/mol. The van der Waals surface area contributed by atoms with Crippen molar-refractivity contribution in [1.82, 2.24) is 4.90 Å². The Hall–Kier alpha value is -1.14. The van der Waals surface area contributed by atoms with Gasteiger partial charge in [0.15, 0.2) is 11.6 Å². The van der Waals surface area contributed by atoms with Gasteiger partial charge in [0.25, 0.3) is 0 Å². The molecule has 1 rings (SSSR count). The van der Waals surface area contributed by atoms with Crippen molar-refractivity contribution in [3.63, 3.8) is 0 Å². The van der Waals surface area contributed by atoms with Crippen molar-refractivity contribution in [2.75, 3.05) is 18.9 Å². The van der Waals surface area contributed by atoms with E-state index in [0.29, 0.717) is 30.0 Å². The van der Waals surface area contributed by atoms with Gasteiger partial charge in [-0.2, -0.15) is 0 Å². The summed E-state index contributed by atoms with van der Waals surface area (Å²) in [5.74, 6) is -1.23. The lowest BCUT2D eigenvalue weighted by Crippen LogP contribution is -2.38. The molecule has 1 aromatic carbocycles. The fraction of sp³-hybridized carbons (Fsp3) is 0.533. The molecule has 1 N–H and O–H groups in total. The van der Waals surface area contributed by atoms with Crippen LogP contribution in [0.3, 0.4) is 0 Å². The highest BCUT2D eigenvalue weighted by molar-refractivity contribution is 7.99. The van der Waals surface area contributed by atoms with Crippen molar-refractivity contribution in [3.05, 3.63) is 29.8 Å². The lowest BCUT2D eigenvalue weighted by atomic mass is 10.2. The summed E-state index contributed by atoms with van der Waals surface area (Å²) in [4.78, 5) is 14.4. The molecule has 0 atom stereocenters. The number of hydrogen-bond donors (Lipinski definition) is 1. The molecule has 0 aliphatic heterocycles. The molecule has 0 aliphatic carbocycles. The van der Waals surface area contributed by atoms with Crippen LogP contribution in [0.15, 0.2) is 23.1 Å². The first kappa shape index (κ1) is 17.9. The van der Waals surface area contributed by atoms with Gasteiger partial charge in [-0.1, -0.05) is 0 Å². The van der Waals surface area contributed by atoms with Crippen LogP contribution in [0.2, 0.25) is 0 Å². The Bertz CT molecular complexity index is 469. The van der Waals surface area contributed by atoms with E-state index in [1.54, 1.807) is 4.90 Å². The van der Waals surface area contributed by atoms with Gasteiger partial charge in [0.1, 0.15) is 0 Å². The lowest BCUT2D eigenvalue weighted by molar-refractivity contribution is -0.132. The van der Waals surface area contributed by atoms with E-state index in [1.807, 2.05) is 13.8 Å². The van der Waals surface area contributed by atoms with Gasteiger partial charge in [0.05, 0.1) is 0 Å². The van der Waals surface area contributed by atoms with Crippen LogP contribution >= 0.6 is 11.8 Å². The predicted octanol–water partition coefficient (Wildman–Crippen LogP) is 3.07. The molecule has 1 aromatic rings. The number of halogens is 2.